The normalized spacial score (nSPS) is 26.8. The minimum Gasteiger partial charge on any atom is -0.373 e. The molecule has 1 amide bonds. The van der Waals surface area contributed by atoms with E-state index in [0.29, 0.717) is 12.2 Å². The molecule has 0 aromatic carbocycles. The van der Waals surface area contributed by atoms with Crippen LogP contribution in [0.4, 0.5) is 0 Å². The Balaban J connectivity index is 2.33. The molecule has 0 aromatic heterocycles. The number of unbranched alkanes of at least 4 members (excludes halogenated alkanes) is 1. The quantitative estimate of drug-likeness (QED) is 0.667. The summed E-state index contributed by atoms with van der Waals surface area (Å²) in [7, 11) is 0. The predicted octanol–water partition coefficient (Wildman–Crippen LogP) is 1.51. The number of morpholine rings is 1. The highest BCUT2D eigenvalue weighted by atomic mass is 16.5. The maximum atomic E-state index is 11.7. The van der Waals surface area contributed by atoms with E-state index in [2.05, 4.69) is 24.1 Å². The minimum atomic E-state index is -0.597. The van der Waals surface area contributed by atoms with Crippen LogP contribution in [0.15, 0.2) is 0 Å². The monoisotopic (exact) mass is 299 g/mol. The van der Waals surface area contributed by atoms with Gasteiger partial charge in [0.05, 0.1) is 17.7 Å². The molecular formula is C16H33N3O2. The largest absolute Gasteiger partial charge is 0.373 e. The zero-order chi connectivity index (χ0) is 16.0. The predicted molar refractivity (Wildman–Crippen MR) is 86.2 cm³/mol. The molecule has 3 atom stereocenters. The first-order valence-corrected chi connectivity index (χ1v) is 8.18. The van der Waals surface area contributed by atoms with Crippen molar-refractivity contribution in [2.24, 2.45) is 5.73 Å². The molecule has 1 fully saturated rings. The van der Waals surface area contributed by atoms with Crippen LogP contribution in [0.2, 0.25) is 0 Å². The van der Waals surface area contributed by atoms with Crippen LogP contribution in [0.3, 0.4) is 0 Å². The van der Waals surface area contributed by atoms with Crippen LogP contribution in [0.1, 0.15) is 53.9 Å². The fourth-order valence-corrected chi connectivity index (χ4v) is 3.18. The van der Waals surface area contributed by atoms with Crippen molar-refractivity contribution in [2.75, 3.05) is 19.6 Å². The van der Waals surface area contributed by atoms with Crippen molar-refractivity contribution in [3.8, 4) is 0 Å². The summed E-state index contributed by atoms with van der Waals surface area (Å²) in [5.74, 6) is -0.259. The van der Waals surface area contributed by atoms with Crippen LogP contribution >= 0.6 is 0 Å². The molecule has 1 rings (SSSR count). The molecule has 1 saturated heterocycles. The van der Waals surface area contributed by atoms with Gasteiger partial charge in [-0.05, 0) is 60.4 Å². The van der Waals surface area contributed by atoms with Gasteiger partial charge in [-0.15, -0.1) is 0 Å². The third kappa shape index (κ3) is 6.32. The van der Waals surface area contributed by atoms with Crippen LogP contribution < -0.4 is 11.1 Å². The van der Waals surface area contributed by atoms with Gasteiger partial charge in [0.1, 0.15) is 0 Å². The molecule has 0 spiro atoms. The zero-order valence-corrected chi connectivity index (χ0v) is 14.3. The van der Waals surface area contributed by atoms with Gasteiger partial charge in [-0.1, -0.05) is 0 Å². The molecule has 5 nitrogen and oxygen atoms in total. The lowest BCUT2D eigenvalue weighted by atomic mass is 9.93. The van der Waals surface area contributed by atoms with Gasteiger partial charge in [-0.25, -0.2) is 0 Å². The summed E-state index contributed by atoms with van der Waals surface area (Å²) in [6.45, 7) is 13.3. The topological polar surface area (TPSA) is 67.6 Å². The SMILES string of the molecule is CC(C)NC(C)(CCCCN1C[C@@H](C)O[C@@H](C)C1)C(N)=O. The number of nitrogens with two attached hydrogens (primary N) is 1. The van der Waals surface area contributed by atoms with E-state index < -0.39 is 5.54 Å². The van der Waals surface area contributed by atoms with Gasteiger partial charge in [0, 0.05) is 19.1 Å². The van der Waals surface area contributed by atoms with Gasteiger partial charge in [0.2, 0.25) is 5.91 Å². The number of hydrogen-bond donors (Lipinski definition) is 2. The average Bonchev–Trinajstić information content (AvgIpc) is 2.32. The van der Waals surface area contributed by atoms with Crippen LogP contribution in [-0.4, -0.2) is 54.2 Å². The number of nitrogens with zero attached hydrogens (tertiary/aromatic N) is 1. The smallest absolute Gasteiger partial charge is 0.237 e. The lowest BCUT2D eigenvalue weighted by Crippen LogP contribution is -2.55. The van der Waals surface area contributed by atoms with Crippen molar-refractivity contribution in [3.05, 3.63) is 0 Å². The molecule has 1 heterocycles. The second-order valence-corrected chi connectivity index (χ2v) is 6.97. The Morgan fingerprint density at radius 3 is 2.38 bits per heavy atom. The number of rotatable bonds is 8. The highest BCUT2D eigenvalue weighted by Crippen LogP contribution is 2.16. The van der Waals surface area contributed by atoms with Crippen LogP contribution in [0.25, 0.3) is 0 Å². The fourth-order valence-electron chi connectivity index (χ4n) is 3.18. The molecule has 3 N–H and O–H groups in total. The Labute approximate surface area is 129 Å². The van der Waals surface area contributed by atoms with Gasteiger partial charge in [-0.2, -0.15) is 0 Å². The first kappa shape index (κ1) is 18.4. The van der Waals surface area contributed by atoms with Crippen molar-refractivity contribution in [3.63, 3.8) is 0 Å². The first-order chi connectivity index (χ1) is 9.73. The van der Waals surface area contributed by atoms with E-state index in [1.807, 2.05) is 20.8 Å². The first-order valence-electron chi connectivity index (χ1n) is 8.18. The van der Waals surface area contributed by atoms with Gasteiger partial charge in [0.15, 0.2) is 0 Å². The van der Waals surface area contributed by atoms with E-state index in [1.54, 1.807) is 0 Å². The summed E-state index contributed by atoms with van der Waals surface area (Å²) in [5.41, 5.74) is 4.95. The second kappa shape index (κ2) is 8.11. The molecular weight excluding hydrogens is 266 g/mol. The Morgan fingerprint density at radius 2 is 1.90 bits per heavy atom. The van der Waals surface area contributed by atoms with Gasteiger partial charge >= 0.3 is 0 Å². The number of primary amides is 1. The van der Waals surface area contributed by atoms with E-state index in [0.717, 1.165) is 38.9 Å². The molecule has 0 aromatic rings. The number of hydrogen-bond acceptors (Lipinski definition) is 4. The van der Waals surface area contributed by atoms with Crippen molar-refractivity contribution >= 4 is 5.91 Å². The molecule has 1 aliphatic rings. The molecule has 0 saturated carbocycles. The zero-order valence-electron chi connectivity index (χ0n) is 14.3. The number of nitrogens with one attached hydrogen (secondary N) is 1. The molecule has 1 aliphatic heterocycles. The summed E-state index contributed by atoms with van der Waals surface area (Å²) in [5, 5.41) is 3.30. The number of amides is 1. The lowest BCUT2D eigenvalue weighted by Gasteiger charge is -2.35. The molecule has 5 heteroatoms. The lowest BCUT2D eigenvalue weighted by molar-refractivity contribution is -0.124. The third-order valence-corrected chi connectivity index (χ3v) is 4.05. The van der Waals surface area contributed by atoms with Crippen LogP contribution in [0.5, 0.6) is 0 Å². The summed E-state index contributed by atoms with van der Waals surface area (Å²) in [4.78, 5) is 14.1. The summed E-state index contributed by atoms with van der Waals surface area (Å²) in [6.07, 6.45) is 3.50. The van der Waals surface area contributed by atoms with Gasteiger partial charge in [0.25, 0.3) is 0 Å². The minimum absolute atomic E-state index is 0.253. The van der Waals surface area contributed by atoms with Crippen molar-refractivity contribution in [1.82, 2.24) is 10.2 Å². The van der Waals surface area contributed by atoms with E-state index in [9.17, 15) is 4.79 Å². The molecule has 124 valence electrons. The molecule has 0 radical (unpaired) electrons. The van der Waals surface area contributed by atoms with Gasteiger partial charge in [-0.3, -0.25) is 9.69 Å². The van der Waals surface area contributed by atoms with E-state index in [-0.39, 0.29) is 11.9 Å². The average molecular weight is 299 g/mol. The number of carbonyl (C=O) groups is 1. The Bertz CT molecular complexity index is 325. The highest BCUT2D eigenvalue weighted by molar-refractivity contribution is 5.84. The molecule has 21 heavy (non-hydrogen) atoms. The summed E-state index contributed by atoms with van der Waals surface area (Å²) >= 11 is 0. The van der Waals surface area contributed by atoms with E-state index in [1.165, 1.54) is 0 Å². The Hall–Kier alpha value is -0.650. The fraction of sp³-hybridized carbons (Fsp3) is 0.938. The summed E-state index contributed by atoms with van der Waals surface area (Å²) in [6, 6.07) is 0.253. The summed E-state index contributed by atoms with van der Waals surface area (Å²) < 4.78 is 5.74. The maximum Gasteiger partial charge on any atom is 0.237 e. The van der Waals surface area contributed by atoms with E-state index >= 15 is 0 Å². The van der Waals surface area contributed by atoms with Crippen LogP contribution in [-0.2, 0) is 9.53 Å². The second-order valence-electron chi connectivity index (χ2n) is 6.97. The Kier molecular flexibility index (Phi) is 7.10. The van der Waals surface area contributed by atoms with Crippen LogP contribution in [0, 0.1) is 0 Å². The van der Waals surface area contributed by atoms with Gasteiger partial charge < -0.3 is 15.8 Å². The van der Waals surface area contributed by atoms with E-state index in [4.69, 9.17) is 10.5 Å². The molecule has 1 unspecified atom stereocenters. The third-order valence-electron chi connectivity index (χ3n) is 4.05. The van der Waals surface area contributed by atoms with Crippen molar-refractivity contribution < 1.29 is 9.53 Å². The van der Waals surface area contributed by atoms with Crippen molar-refractivity contribution in [2.45, 2.75) is 77.7 Å². The number of ether oxygens (including phenoxy) is 1. The van der Waals surface area contributed by atoms with Crippen molar-refractivity contribution in [1.29, 1.82) is 0 Å². The highest BCUT2D eigenvalue weighted by Gasteiger charge is 2.30. The molecule has 0 bridgehead atoms. The Morgan fingerprint density at radius 1 is 1.33 bits per heavy atom. The number of carbonyl (C=O) groups excluding carboxylic acids is 1. The molecule has 0 aliphatic carbocycles. The maximum absolute atomic E-state index is 11.7. The standard InChI is InChI=1S/C16H33N3O2/c1-12(2)18-16(5,15(17)20)8-6-7-9-19-10-13(3)21-14(4)11-19/h12-14,18H,6-11H2,1-5H3,(H2,17,20)/t13-,14+,16?.